The fourth-order valence-corrected chi connectivity index (χ4v) is 10.4. The van der Waals surface area contributed by atoms with Gasteiger partial charge in [0.15, 0.2) is 6.10 Å². The molecule has 0 spiro atoms. The predicted octanol–water partition coefficient (Wildman–Crippen LogP) is 21.0. The maximum absolute atomic E-state index is 13.0. The number of ether oxygens (including phenoxy) is 3. The van der Waals surface area contributed by atoms with Crippen LogP contribution in [0, 0.1) is 0 Å². The topological polar surface area (TPSA) is 155 Å². The average molecular weight is 1180 g/mol. The number of phosphoric acid groups is 1. The van der Waals surface area contributed by atoms with Gasteiger partial charge in [0, 0.05) is 19.3 Å². The standard InChI is InChI=1S/C70H127O11P/c1-4-7-10-13-16-19-22-25-28-31-33-36-39-42-45-48-51-54-57-60-69(73)80-66(62-71)64-78-82(75,76)79-65-67(63-77-68(72)59-56-53-50-47-44-41-38-35-30-27-24-21-18-15-12-9-6-3)81-70(74)61-58-55-52-49-46-43-40-37-34-32-29-26-23-20-17-14-11-8-5-2/h16-17,19-20,25-30,66-67,71H,4-15,18,21-24,31-65H2,1-3H3,(H,75,76)/b19-16-,20-17-,28-25-,29-26-,30-27-. The summed E-state index contributed by atoms with van der Waals surface area (Å²) in [5, 5.41) is 9.88. The number of aliphatic hydroxyl groups is 1. The molecule has 0 amide bonds. The van der Waals surface area contributed by atoms with Crippen LogP contribution in [0.2, 0.25) is 0 Å². The second kappa shape index (κ2) is 64.2. The molecule has 0 bridgehead atoms. The largest absolute Gasteiger partial charge is 0.472 e. The van der Waals surface area contributed by atoms with Gasteiger partial charge in [0.05, 0.1) is 19.8 Å². The van der Waals surface area contributed by atoms with Crippen LogP contribution in [0.1, 0.15) is 329 Å². The van der Waals surface area contributed by atoms with Gasteiger partial charge in [0.25, 0.3) is 0 Å². The highest BCUT2D eigenvalue weighted by Crippen LogP contribution is 2.43. The van der Waals surface area contributed by atoms with E-state index in [2.05, 4.69) is 81.5 Å². The first-order chi connectivity index (χ1) is 40.2. The number of hydrogen-bond donors (Lipinski definition) is 2. The molecule has 12 heteroatoms. The van der Waals surface area contributed by atoms with Crippen LogP contribution in [0.15, 0.2) is 60.8 Å². The summed E-state index contributed by atoms with van der Waals surface area (Å²) in [6, 6.07) is 0. The third-order valence-corrected chi connectivity index (χ3v) is 15.8. The van der Waals surface area contributed by atoms with Crippen molar-refractivity contribution in [3.63, 3.8) is 0 Å². The highest BCUT2D eigenvalue weighted by molar-refractivity contribution is 7.47. The molecular weight excluding hydrogens is 1050 g/mol. The molecule has 0 heterocycles. The number of phosphoric ester groups is 1. The average Bonchev–Trinajstić information content (AvgIpc) is 3.47. The lowest BCUT2D eigenvalue weighted by Gasteiger charge is -2.21. The summed E-state index contributed by atoms with van der Waals surface area (Å²) in [6.07, 6.45) is 73.0. The Hall–Kier alpha value is -2.82. The zero-order valence-corrected chi connectivity index (χ0v) is 54.1. The number of allylic oxidation sites excluding steroid dienone is 10. The van der Waals surface area contributed by atoms with Crippen molar-refractivity contribution in [2.24, 2.45) is 0 Å². The summed E-state index contributed by atoms with van der Waals surface area (Å²) in [5.74, 6) is -1.46. The van der Waals surface area contributed by atoms with E-state index in [-0.39, 0.29) is 25.9 Å². The van der Waals surface area contributed by atoms with Crippen LogP contribution in [0.3, 0.4) is 0 Å². The van der Waals surface area contributed by atoms with Crippen LogP contribution < -0.4 is 0 Å². The Balaban J connectivity index is 4.67. The third-order valence-electron chi connectivity index (χ3n) is 14.9. The van der Waals surface area contributed by atoms with Crippen LogP contribution in [-0.2, 0) is 42.2 Å². The van der Waals surface area contributed by atoms with Crippen molar-refractivity contribution in [3.05, 3.63) is 60.8 Å². The molecule has 0 saturated heterocycles. The molecule has 0 radical (unpaired) electrons. The fraction of sp³-hybridized carbons (Fsp3) is 0.814. The molecule has 82 heavy (non-hydrogen) atoms. The first kappa shape index (κ1) is 79.2. The minimum absolute atomic E-state index is 0.163. The Kier molecular flexibility index (Phi) is 62.0. The number of rotatable bonds is 64. The first-order valence-corrected chi connectivity index (χ1v) is 35.7. The second-order valence-electron chi connectivity index (χ2n) is 23.0. The van der Waals surface area contributed by atoms with E-state index in [1.165, 1.54) is 180 Å². The molecule has 0 aliphatic rings. The van der Waals surface area contributed by atoms with Crippen molar-refractivity contribution < 1.29 is 52.2 Å². The molecule has 11 nitrogen and oxygen atoms in total. The van der Waals surface area contributed by atoms with E-state index >= 15 is 0 Å². The Morgan fingerprint density at radius 1 is 0.341 bits per heavy atom. The monoisotopic (exact) mass is 1170 g/mol. The number of carbonyl (C=O) groups excluding carboxylic acids is 3. The lowest BCUT2D eigenvalue weighted by molar-refractivity contribution is -0.161. The van der Waals surface area contributed by atoms with Gasteiger partial charge in [-0.25, -0.2) is 4.57 Å². The molecule has 0 aliphatic heterocycles. The second-order valence-corrected chi connectivity index (χ2v) is 24.4. The van der Waals surface area contributed by atoms with Crippen molar-refractivity contribution in [2.75, 3.05) is 26.4 Å². The van der Waals surface area contributed by atoms with E-state index in [0.717, 1.165) is 89.9 Å². The maximum atomic E-state index is 13.0. The summed E-state index contributed by atoms with van der Waals surface area (Å²) in [5.41, 5.74) is 0. The highest BCUT2D eigenvalue weighted by atomic mass is 31.2. The molecule has 0 aromatic heterocycles. The zero-order valence-electron chi connectivity index (χ0n) is 53.2. The van der Waals surface area contributed by atoms with E-state index in [0.29, 0.717) is 19.3 Å². The van der Waals surface area contributed by atoms with Gasteiger partial charge in [-0.3, -0.25) is 23.4 Å². The summed E-state index contributed by atoms with van der Waals surface area (Å²) >= 11 is 0. The van der Waals surface area contributed by atoms with Gasteiger partial charge in [0.2, 0.25) is 0 Å². The molecule has 2 N–H and O–H groups in total. The van der Waals surface area contributed by atoms with E-state index in [9.17, 15) is 28.9 Å². The SMILES string of the molecule is CCCCC/C=C\C/C=C\CCCCCCCCCCCC(=O)OC(CO)COP(=O)(O)OCC(COC(=O)CCCCCCCCC/C=C\CCCCCCCC)OC(=O)CCCCCCCCCCC/C=C\C/C=C\CCCCC. The van der Waals surface area contributed by atoms with Gasteiger partial charge in [-0.15, -0.1) is 0 Å². The van der Waals surface area contributed by atoms with Crippen molar-refractivity contribution in [3.8, 4) is 0 Å². The van der Waals surface area contributed by atoms with E-state index < -0.39 is 57.8 Å². The molecule has 3 unspecified atom stereocenters. The number of aliphatic hydroxyl groups excluding tert-OH is 1. The van der Waals surface area contributed by atoms with Gasteiger partial charge in [0.1, 0.15) is 12.7 Å². The maximum Gasteiger partial charge on any atom is 0.472 e. The predicted molar refractivity (Wildman–Crippen MR) is 344 cm³/mol. The van der Waals surface area contributed by atoms with Crippen LogP contribution in [-0.4, -0.2) is 66.5 Å². The minimum Gasteiger partial charge on any atom is -0.462 e. The van der Waals surface area contributed by atoms with Crippen molar-refractivity contribution in [2.45, 2.75) is 341 Å². The van der Waals surface area contributed by atoms with Gasteiger partial charge in [-0.05, 0) is 109 Å². The number of carbonyl (C=O) groups is 3. The lowest BCUT2D eigenvalue weighted by Crippen LogP contribution is -2.30. The van der Waals surface area contributed by atoms with Crippen LogP contribution >= 0.6 is 7.82 Å². The lowest BCUT2D eigenvalue weighted by atomic mass is 10.1. The number of unbranched alkanes of at least 4 members (excludes halogenated alkanes) is 37. The normalized spacial score (nSPS) is 13.6. The summed E-state index contributed by atoms with van der Waals surface area (Å²) in [6.45, 7) is 4.64. The first-order valence-electron chi connectivity index (χ1n) is 34.2. The summed E-state index contributed by atoms with van der Waals surface area (Å²) in [7, 11) is -4.76. The van der Waals surface area contributed by atoms with Crippen molar-refractivity contribution >= 4 is 25.7 Å². The molecule has 0 aromatic rings. The fourth-order valence-electron chi connectivity index (χ4n) is 9.65. The molecule has 3 atom stereocenters. The van der Waals surface area contributed by atoms with Crippen LogP contribution in [0.4, 0.5) is 0 Å². The van der Waals surface area contributed by atoms with E-state index in [4.69, 9.17) is 23.3 Å². The third kappa shape index (κ3) is 61.7. The number of esters is 3. The Morgan fingerprint density at radius 3 is 0.939 bits per heavy atom. The van der Waals surface area contributed by atoms with E-state index in [1.54, 1.807) is 0 Å². The van der Waals surface area contributed by atoms with Crippen LogP contribution in [0.25, 0.3) is 0 Å². The quantitative estimate of drug-likeness (QED) is 0.0197. The smallest absolute Gasteiger partial charge is 0.462 e. The molecular formula is C70H127O11P. The molecule has 0 saturated carbocycles. The summed E-state index contributed by atoms with van der Waals surface area (Å²) < 4.78 is 39.8. The van der Waals surface area contributed by atoms with E-state index in [1.807, 2.05) is 0 Å². The minimum atomic E-state index is -4.76. The Morgan fingerprint density at radius 2 is 0.598 bits per heavy atom. The van der Waals surface area contributed by atoms with Gasteiger partial charge >= 0.3 is 25.7 Å². The number of hydrogen-bond acceptors (Lipinski definition) is 10. The van der Waals surface area contributed by atoms with Crippen LogP contribution in [0.5, 0.6) is 0 Å². The molecule has 0 rings (SSSR count). The Bertz CT molecular complexity index is 1610. The van der Waals surface area contributed by atoms with Crippen molar-refractivity contribution in [1.29, 1.82) is 0 Å². The molecule has 0 fully saturated rings. The zero-order chi connectivity index (χ0) is 59.8. The molecule has 0 aliphatic carbocycles. The molecule has 0 aromatic carbocycles. The van der Waals surface area contributed by atoms with Gasteiger partial charge in [-0.2, -0.15) is 0 Å². The Labute approximate surface area is 504 Å². The van der Waals surface area contributed by atoms with Gasteiger partial charge < -0.3 is 24.2 Å². The molecule has 478 valence electrons. The highest BCUT2D eigenvalue weighted by Gasteiger charge is 2.28. The van der Waals surface area contributed by atoms with Gasteiger partial charge in [-0.1, -0.05) is 261 Å². The summed E-state index contributed by atoms with van der Waals surface area (Å²) in [4.78, 5) is 48.9. The van der Waals surface area contributed by atoms with Crippen molar-refractivity contribution in [1.82, 2.24) is 0 Å².